The van der Waals surface area contributed by atoms with Crippen LogP contribution in [-0.2, 0) is 20.7 Å². The number of carbonyl (C=O) groups is 3. The van der Waals surface area contributed by atoms with Gasteiger partial charge in [-0.15, -0.1) is 0 Å². The topological polar surface area (TPSA) is 87.7 Å². The third kappa shape index (κ3) is 8.07. The normalized spacial score (nSPS) is 13.8. The van der Waals surface area contributed by atoms with Gasteiger partial charge < -0.3 is 20.3 Å². The molecular weight excluding hydrogens is 466 g/mol. The van der Waals surface area contributed by atoms with Crippen LogP contribution >= 0.6 is 0 Å². The van der Waals surface area contributed by atoms with E-state index in [0.29, 0.717) is 12.0 Å². The predicted molar refractivity (Wildman–Crippen MR) is 148 cm³/mol. The maximum atomic E-state index is 13.8. The number of amides is 3. The van der Waals surface area contributed by atoms with Crippen LogP contribution in [0.4, 0.5) is 10.5 Å². The second-order valence-corrected chi connectivity index (χ2v) is 10.7. The Balaban J connectivity index is 2.45. The largest absolute Gasteiger partial charge is 0.444 e. The quantitative estimate of drug-likeness (QED) is 0.438. The number of alkyl carbamates (subject to hydrolysis) is 1. The van der Waals surface area contributed by atoms with E-state index in [1.165, 1.54) is 4.90 Å². The van der Waals surface area contributed by atoms with E-state index < -0.39 is 23.8 Å². The molecule has 0 aliphatic rings. The van der Waals surface area contributed by atoms with Crippen LogP contribution in [0.3, 0.4) is 0 Å². The molecule has 3 atom stereocenters. The highest BCUT2D eigenvalue weighted by Crippen LogP contribution is 2.27. The summed E-state index contributed by atoms with van der Waals surface area (Å²) >= 11 is 0. The number of para-hydroxylation sites is 1. The molecule has 0 aliphatic heterocycles. The Morgan fingerprint density at radius 2 is 1.54 bits per heavy atom. The van der Waals surface area contributed by atoms with E-state index in [4.69, 9.17) is 4.74 Å². The van der Waals surface area contributed by atoms with E-state index in [2.05, 4.69) is 17.6 Å². The summed E-state index contributed by atoms with van der Waals surface area (Å²) in [6, 6.07) is 11.8. The van der Waals surface area contributed by atoms with Crippen LogP contribution in [0.25, 0.3) is 0 Å². The fourth-order valence-electron chi connectivity index (χ4n) is 4.15. The van der Waals surface area contributed by atoms with Crippen molar-refractivity contribution in [2.75, 3.05) is 12.4 Å². The molecule has 0 aliphatic carbocycles. The van der Waals surface area contributed by atoms with Crippen LogP contribution in [0.15, 0.2) is 42.5 Å². The number of anilines is 1. The van der Waals surface area contributed by atoms with Gasteiger partial charge in [-0.05, 0) is 69.2 Å². The lowest BCUT2D eigenvalue weighted by atomic mass is 9.95. The number of nitrogens with one attached hydrogen (secondary N) is 2. The van der Waals surface area contributed by atoms with Gasteiger partial charge in [-0.3, -0.25) is 9.59 Å². The number of benzene rings is 2. The molecule has 3 amide bonds. The molecular formula is C30H43N3O4. The third-order valence-electron chi connectivity index (χ3n) is 6.57. The standard InChI is InChI=1S/C30H43N3O4/c1-10-19(3)25(32-29(36)37-30(6,7)8)28(35)33(9)26(23-17-15-22(11-2)16-18-23)27(34)31-24-20(4)13-12-14-21(24)5/h12-19,25-26H,10-11H2,1-9H3,(H,31,34)(H,32,36). The van der Waals surface area contributed by atoms with Crippen molar-refractivity contribution in [1.82, 2.24) is 10.2 Å². The van der Waals surface area contributed by atoms with Gasteiger partial charge in [0.05, 0.1) is 0 Å². The molecule has 2 aromatic carbocycles. The molecule has 37 heavy (non-hydrogen) atoms. The summed E-state index contributed by atoms with van der Waals surface area (Å²) in [5.74, 6) is -0.855. The van der Waals surface area contributed by atoms with Crippen molar-refractivity contribution in [3.63, 3.8) is 0 Å². The van der Waals surface area contributed by atoms with Gasteiger partial charge in [0.2, 0.25) is 5.91 Å². The summed E-state index contributed by atoms with van der Waals surface area (Å²) in [7, 11) is 1.61. The van der Waals surface area contributed by atoms with E-state index >= 15 is 0 Å². The first-order valence-corrected chi connectivity index (χ1v) is 13.0. The van der Waals surface area contributed by atoms with E-state index in [1.807, 2.05) is 70.2 Å². The van der Waals surface area contributed by atoms with Crippen LogP contribution in [0.2, 0.25) is 0 Å². The minimum atomic E-state index is -0.899. The van der Waals surface area contributed by atoms with Crippen LogP contribution < -0.4 is 10.6 Å². The molecule has 3 unspecified atom stereocenters. The van der Waals surface area contributed by atoms with E-state index in [0.717, 1.165) is 28.8 Å². The summed E-state index contributed by atoms with van der Waals surface area (Å²) in [4.78, 5) is 41.6. The molecule has 0 saturated heterocycles. The third-order valence-corrected chi connectivity index (χ3v) is 6.57. The first-order chi connectivity index (χ1) is 17.3. The van der Waals surface area contributed by atoms with Gasteiger partial charge >= 0.3 is 6.09 Å². The molecule has 0 fully saturated rings. The van der Waals surface area contributed by atoms with Crippen molar-refractivity contribution in [1.29, 1.82) is 0 Å². The average Bonchev–Trinajstić information content (AvgIpc) is 2.83. The number of carbonyl (C=O) groups excluding carboxylic acids is 3. The molecule has 0 saturated carbocycles. The van der Waals surface area contributed by atoms with Crippen LogP contribution in [0.1, 0.15) is 76.3 Å². The van der Waals surface area contributed by atoms with Crippen LogP contribution in [0.5, 0.6) is 0 Å². The highest BCUT2D eigenvalue weighted by Gasteiger charge is 2.36. The van der Waals surface area contributed by atoms with Gasteiger partial charge in [0.25, 0.3) is 5.91 Å². The maximum Gasteiger partial charge on any atom is 0.408 e. The minimum absolute atomic E-state index is 0.174. The monoisotopic (exact) mass is 509 g/mol. The summed E-state index contributed by atoms with van der Waals surface area (Å²) in [6.07, 6.45) is 0.859. The Hall–Kier alpha value is -3.35. The van der Waals surface area contributed by atoms with Crippen molar-refractivity contribution in [3.05, 3.63) is 64.7 Å². The molecule has 0 spiro atoms. The number of rotatable bonds is 9. The first kappa shape index (κ1) is 29.9. The fraction of sp³-hybridized carbons (Fsp3) is 0.500. The Labute approximate surface area is 222 Å². The smallest absolute Gasteiger partial charge is 0.408 e. The van der Waals surface area contributed by atoms with Crippen LogP contribution in [0, 0.1) is 19.8 Å². The zero-order chi connectivity index (χ0) is 27.9. The van der Waals surface area contributed by atoms with E-state index in [1.54, 1.807) is 27.8 Å². The van der Waals surface area contributed by atoms with Crippen molar-refractivity contribution in [2.24, 2.45) is 5.92 Å². The Morgan fingerprint density at radius 3 is 2.03 bits per heavy atom. The summed E-state index contributed by atoms with van der Waals surface area (Å²) < 4.78 is 5.42. The molecule has 0 heterocycles. The zero-order valence-electron chi connectivity index (χ0n) is 23.8. The second-order valence-electron chi connectivity index (χ2n) is 10.7. The molecule has 0 aromatic heterocycles. The molecule has 2 rings (SSSR count). The number of hydrogen-bond acceptors (Lipinski definition) is 4. The minimum Gasteiger partial charge on any atom is -0.444 e. The van der Waals surface area contributed by atoms with Crippen LogP contribution in [-0.4, -0.2) is 41.5 Å². The maximum absolute atomic E-state index is 13.8. The number of aryl methyl sites for hydroxylation is 3. The second kappa shape index (κ2) is 12.7. The highest BCUT2D eigenvalue weighted by molar-refractivity contribution is 5.99. The molecule has 202 valence electrons. The zero-order valence-corrected chi connectivity index (χ0v) is 23.8. The molecule has 2 N–H and O–H groups in total. The van der Waals surface area contributed by atoms with Gasteiger partial charge in [0.15, 0.2) is 0 Å². The van der Waals surface area contributed by atoms with Gasteiger partial charge in [0.1, 0.15) is 17.7 Å². The lowest BCUT2D eigenvalue weighted by Crippen LogP contribution is -2.53. The first-order valence-electron chi connectivity index (χ1n) is 13.0. The van der Waals surface area contributed by atoms with Crippen molar-refractivity contribution in [3.8, 4) is 0 Å². The Bertz CT molecular complexity index is 1070. The number of hydrogen-bond donors (Lipinski definition) is 2. The van der Waals surface area contributed by atoms with Gasteiger partial charge in [-0.2, -0.15) is 0 Å². The number of likely N-dealkylation sites (N-methyl/N-ethyl adjacent to an activating group) is 1. The van der Waals surface area contributed by atoms with Crippen molar-refractivity contribution >= 4 is 23.6 Å². The fourth-order valence-corrected chi connectivity index (χ4v) is 4.15. The predicted octanol–water partition coefficient (Wildman–Crippen LogP) is 5.94. The molecule has 2 aromatic rings. The lowest BCUT2D eigenvalue weighted by molar-refractivity contribution is -0.140. The van der Waals surface area contributed by atoms with Crippen molar-refractivity contribution < 1.29 is 19.1 Å². The Morgan fingerprint density at radius 1 is 0.973 bits per heavy atom. The lowest BCUT2D eigenvalue weighted by Gasteiger charge is -2.33. The summed E-state index contributed by atoms with van der Waals surface area (Å²) in [5, 5.41) is 5.80. The Kier molecular flexibility index (Phi) is 10.3. The molecule has 7 nitrogen and oxygen atoms in total. The summed E-state index contributed by atoms with van der Waals surface area (Å²) in [6.45, 7) is 15.1. The number of ether oxygens (including phenoxy) is 1. The van der Waals surface area contributed by atoms with Crippen molar-refractivity contribution in [2.45, 2.75) is 85.9 Å². The van der Waals surface area contributed by atoms with Gasteiger partial charge in [-0.1, -0.05) is 69.7 Å². The average molecular weight is 510 g/mol. The van der Waals surface area contributed by atoms with Gasteiger partial charge in [0, 0.05) is 12.7 Å². The molecule has 0 bridgehead atoms. The molecule has 7 heteroatoms. The van der Waals surface area contributed by atoms with E-state index in [-0.39, 0.29) is 17.7 Å². The highest BCUT2D eigenvalue weighted by atomic mass is 16.6. The summed E-state index contributed by atoms with van der Waals surface area (Å²) in [5.41, 5.74) is 3.73. The van der Waals surface area contributed by atoms with Gasteiger partial charge in [-0.25, -0.2) is 4.79 Å². The molecule has 0 radical (unpaired) electrons. The van der Waals surface area contributed by atoms with E-state index in [9.17, 15) is 14.4 Å². The SMILES string of the molecule is CCc1ccc(C(C(=O)Nc2c(C)cccc2C)N(C)C(=O)C(NC(=O)OC(C)(C)C)C(C)CC)cc1. The number of nitrogens with zero attached hydrogens (tertiary/aromatic N) is 1.